The summed E-state index contributed by atoms with van der Waals surface area (Å²) in [4.78, 5) is 206. The van der Waals surface area contributed by atoms with Crippen molar-refractivity contribution in [1.82, 2.24) is 0 Å². The summed E-state index contributed by atoms with van der Waals surface area (Å²) in [5, 5.41) is 0. The second-order valence-electron chi connectivity index (χ2n) is 27.8. The topological polar surface area (TPSA) is 515 Å². The maximum Gasteiger partial charge on any atom is 0.359 e. The van der Waals surface area contributed by atoms with Crippen LogP contribution >= 0.6 is 0 Å². The summed E-state index contributed by atoms with van der Waals surface area (Å²) in [6.45, 7) is 15.7. The summed E-state index contributed by atoms with van der Waals surface area (Å²) in [5.74, 6) is -28.3. The molecule has 4 rings (SSSR count). The smallest absolute Gasteiger partial charge is 0.359 e. The van der Waals surface area contributed by atoms with Crippen molar-refractivity contribution in [3.8, 4) is 0 Å². The molecule has 0 aliphatic carbocycles. The van der Waals surface area contributed by atoms with Crippen LogP contribution in [-0.2, 0) is 155 Å². The summed E-state index contributed by atoms with van der Waals surface area (Å²) < 4.78 is 73.5. The predicted molar refractivity (Wildman–Crippen MR) is 395 cm³/mol. The Hall–Kier alpha value is -10.6. The number of hydrogen-bond donors (Lipinski definition) is 6. The highest BCUT2D eigenvalue weighted by molar-refractivity contribution is 5.98. The van der Waals surface area contributed by atoms with Crippen LogP contribution in [0.4, 0.5) is 0 Å². The van der Waals surface area contributed by atoms with Crippen LogP contribution in [0.15, 0.2) is 121 Å². The molecule has 17 atom stereocenters. The maximum absolute atomic E-state index is 16.1. The van der Waals surface area contributed by atoms with E-state index in [4.69, 9.17) is 96.0 Å². The van der Waals surface area contributed by atoms with E-state index in [9.17, 15) is 43.2 Å². The minimum Gasteiger partial charge on any atom is -0.461 e. The molecule has 4 aromatic rings. The Kier molecular flexibility index (Phi) is 39.3. The van der Waals surface area contributed by atoms with Gasteiger partial charge in [0, 0.05) is 0 Å². The van der Waals surface area contributed by atoms with Crippen LogP contribution < -0.4 is 34.4 Å². The first-order valence-electron chi connectivity index (χ1n) is 36.7. The minimum absolute atomic E-state index is 0.132. The molecule has 0 fully saturated rings. The van der Waals surface area contributed by atoms with Crippen molar-refractivity contribution in [3.05, 3.63) is 144 Å². The molecule has 0 radical (unpaired) electrons. The van der Waals surface area contributed by atoms with Crippen molar-refractivity contribution in [2.75, 3.05) is 0 Å². The SMILES string of the molecule is CC[C@H](C)[C@H](N)C(=O)OC(CC(=O)OCc1ccccc1)C(OC(=O)[C@@H](N)[C@@H](C)CC)C(=O)OC(C(=O)OCc1ccccc1)C(OC(=O)[C@@H](N)C(C)C)C(OC(=O)[C@@H](N)C(C)C)C(=O)OC(C(=O)OCc1ccccc1)C(OC(=O)[C@@H](N)[C@@H](C)CC)C(=O)OC(=O)C(CC(=O)OCc1ccccc1)OC(=O)[C@@H](N)C(C)C. The number of ether oxygens (including phenoxy) is 13. The average Bonchev–Trinajstić information content (AvgIpc) is 0.792. The van der Waals surface area contributed by atoms with Gasteiger partial charge in [0.2, 0.25) is 36.6 Å². The zero-order valence-electron chi connectivity index (χ0n) is 64.9. The van der Waals surface area contributed by atoms with E-state index < -0.39 is 243 Å². The molecule has 33 heteroatoms. The zero-order valence-corrected chi connectivity index (χ0v) is 64.9. The summed E-state index contributed by atoms with van der Waals surface area (Å²) in [6, 6.07) is 21.2. The van der Waals surface area contributed by atoms with Gasteiger partial charge in [-0.2, -0.15) is 0 Å². The van der Waals surface area contributed by atoms with Crippen LogP contribution in [0, 0.1) is 35.5 Å². The Morgan fingerprint density at radius 2 is 0.554 bits per heavy atom. The molecule has 8 unspecified atom stereocenters. The number of rotatable bonds is 45. The third-order valence-corrected chi connectivity index (χ3v) is 18.0. The Bertz CT molecular complexity index is 3760. The molecular weight excluding hydrogens is 1460 g/mol. The fraction of sp³-hybridized carbons (Fsp3) is 0.519. The lowest BCUT2D eigenvalue weighted by Crippen LogP contribution is -2.58. The Morgan fingerprint density at radius 3 is 0.938 bits per heavy atom. The molecule has 0 aliphatic rings. The minimum atomic E-state index is -3.26. The first-order chi connectivity index (χ1) is 52.9. The molecule has 0 bridgehead atoms. The fourth-order valence-corrected chi connectivity index (χ4v) is 9.59. The molecule has 0 heterocycles. The Labute approximate surface area is 649 Å². The lowest BCUT2D eigenvalue weighted by Gasteiger charge is -2.34. The third kappa shape index (κ3) is 29.9. The van der Waals surface area contributed by atoms with E-state index in [-0.39, 0.29) is 30.4 Å². The van der Waals surface area contributed by atoms with Gasteiger partial charge in [0.1, 0.15) is 62.7 Å². The van der Waals surface area contributed by atoms with E-state index >= 15 is 24.0 Å². The van der Waals surface area contributed by atoms with Crippen LogP contribution in [0.5, 0.6) is 0 Å². The summed E-state index contributed by atoms with van der Waals surface area (Å²) >= 11 is 0. The van der Waals surface area contributed by atoms with Gasteiger partial charge in [0.15, 0.2) is 12.2 Å². The highest BCUT2D eigenvalue weighted by atomic mass is 16.7. The molecule has 0 saturated heterocycles. The monoisotopic (exact) mass is 1570 g/mol. The zero-order chi connectivity index (χ0) is 83.6. The van der Waals surface area contributed by atoms with Crippen molar-refractivity contribution in [3.63, 3.8) is 0 Å². The molecule has 12 N–H and O–H groups in total. The molecular formula is C79H106N6O27. The van der Waals surface area contributed by atoms with Crippen molar-refractivity contribution in [2.24, 2.45) is 69.9 Å². The van der Waals surface area contributed by atoms with Gasteiger partial charge in [0.25, 0.3) is 0 Å². The van der Waals surface area contributed by atoms with Crippen molar-refractivity contribution in [1.29, 1.82) is 0 Å². The summed E-state index contributed by atoms with van der Waals surface area (Å²) in [7, 11) is 0. The largest absolute Gasteiger partial charge is 0.461 e. The lowest BCUT2D eigenvalue weighted by atomic mass is 9.99. The van der Waals surface area contributed by atoms with Crippen molar-refractivity contribution in [2.45, 2.75) is 227 Å². The molecule has 0 amide bonds. The molecule has 0 spiro atoms. The number of carbonyl (C=O) groups is 14. The summed E-state index contributed by atoms with van der Waals surface area (Å²) in [6.07, 6.45) is -25.3. The predicted octanol–water partition coefficient (Wildman–Crippen LogP) is 4.17. The van der Waals surface area contributed by atoms with Gasteiger partial charge in [0.05, 0.1) is 12.8 Å². The fourth-order valence-electron chi connectivity index (χ4n) is 9.59. The van der Waals surface area contributed by atoms with E-state index in [1.807, 2.05) is 0 Å². The molecule has 0 aliphatic heterocycles. The van der Waals surface area contributed by atoms with Crippen molar-refractivity contribution >= 4 is 83.6 Å². The quantitative estimate of drug-likeness (QED) is 0.0205. The van der Waals surface area contributed by atoms with Crippen LogP contribution in [0.3, 0.4) is 0 Å². The number of hydrogen-bond acceptors (Lipinski definition) is 33. The van der Waals surface area contributed by atoms with Gasteiger partial charge in [-0.05, 0) is 57.8 Å². The Morgan fingerprint density at radius 1 is 0.277 bits per heavy atom. The number of esters is 14. The second-order valence-corrected chi connectivity index (χ2v) is 27.8. The average molecular weight is 1570 g/mol. The highest BCUT2D eigenvalue weighted by Crippen LogP contribution is 2.27. The van der Waals surface area contributed by atoms with Crippen LogP contribution in [0.1, 0.15) is 137 Å². The Balaban J connectivity index is 2.17. The van der Waals surface area contributed by atoms with E-state index in [1.165, 1.54) is 104 Å². The molecule has 0 saturated carbocycles. The third-order valence-electron chi connectivity index (χ3n) is 18.0. The number of benzene rings is 4. The molecule has 4 aromatic carbocycles. The maximum atomic E-state index is 16.1. The van der Waals surface area contributed by atoms with E-state index in [0.29, 0.717) is 11.1 Å². The normalized spacial score (nSPS) is 15.9. The van der Waals surface area contributed by atoms with E-state index in [2.05, 4.69) is 0 Å². The highest BCUT2D eigenvalue weighted by Gasteiger charge is 2.54. The molecule has 33 nitrogen and oxygen atoms in total. The van der Waals surface area contributed by atoms with Crippen LogP contribution in [0.25, 0.3) is 0 Å². The standard InChI is InChI=1S/C79H106N6O27/c1-13-45(10)59(83)72(92)104-52(36-54(86)100-38-48-28-20-16-21-29-48)62(106-73(93)60(84)46(11)14-2)77(97)110-64(75(95)102-40-50-32-24-18-25-33-50)63(107-70(90)57(81)43(6)7)65(108-71(91)58(82)44(8)9)78(98)111-66(76(96)103-41-51-34-26-19-27-35-51)67(109-74(94)61(85)47(12)15-3)79(99)112-68(88)53(105-69(89)56(80)42(4)5)37-55(87)101-39-49-30-22-17-23-31-49/h16-35,42-47,52-53,56-67H,13-15,36-41,80-85H2,1-12H3/t45-,46-,47-,52?,53?,56-,57-,58-,59-,60-,61-,62?,63?,64?,65?,66?,67?/m0/s1. The number of nitrogens with two attached hydrogens (primary N) is 6. The first kappa shape index (κ1) is 93.8. The number of carbonyl (C=O) groups excluding carboxylic acids is 14. The van der Waals surface area contributed by atoms with Gasteiger partial charge in [-0.1, -0.05) is 224 Å². The molecule has 112 heavy (non-hydrogen) atoms. The van der Waals surface area contributed by atoms with Crippen molar-refractivity contribution < 1.29 is 129 Å². The summed E-state index contributed by atoms with van der Waals surface area (Å²) in [5.41, 5.74) is 39.2. The van der Waals surface area contributed by atoms with E-state index in [0.717, 1.165) is 0 Å². The lowest BCUT2D eigenvalue weighted by molar-refractivity contribution is -0.215. The first-order valence-corrected chi connectivity index (χ1v) is 36.7. The van der Waals surface area contributed by atoms with Gasteiger partial charge in [-0.15, -0.1) is 0 Å². The molecule has 0 aromatic heterocycles. The molecule has 614 valence electrons. The van der Waals surface area contributed by atoms with Gasteiger partial charge in [-0.25, -0.2) is 28.8 Å². The van der Waals surface area contributed by atoms with E-state index in [1.54, 1.807) is 100 Å². The van der Waals surface area contributed by atoms with Crippen LogP contribution in [0.2, 0.25) is 0 Å². The van der Waals surface area contributed by atoms with Gasteiger partial charge < -0.3 is 96.0 Å². The van der Waals surface area contributed by atoms with Gasteiger partial charge >= 0.3 is 83.6 Å². The van der Waals surface area contributed by atoms with Crippen LogP contribution in [-0.4, -0.2) is 169 Å². The second kappa shape index (κ2) is 46.9. The van der Waals surface area contributed by atoms with Gasteiger partial charge in [-0.3, -0.25) is 38.4 Å².